The van der Waals surface area contributed by atoms with E-state index in [9.17, 15) is 9.59 Å². The van der Waals surface area contributed by atoms with Gasteiger partial charge < -0.3 is 24.4 Å². The highest BCUT2D eigenvalue weighted by molar-refractivity contribution is 6.02. The van der Waals surface area contributed by atoms with E-state index in [-0.39, 0.29) is 18.3 Å². The van der Waals surface area contributed by atoms with E-state index in [1.165, 1.54) is 4.90 Å². The highest BCUT2D eigenvalue weighted by atomic mass is 16.6. The minimum absolute atomic E-state index is 0.00209. The molecule has 1 aromatic heterocycles. The number of benzene rings is 1. The van der Waals surface area contributed by atoms with Crippen LogP contribution in [-0.2, 0) is 26.5 Å². The molecule has 0 radical (unpaired) electrons. The first-order valence-electron chi connectivity index (χ1n) is 9.46. The zero-order valence-electron chi connectivity index (χ0n) is 15.9. The van der Waals surface area contributed by atoms with Crippen LogP contribution in [0, 0.1) is 0 Å². The Labute approximate surface area is 167 Å². The monoisotopic (exact) mass is 396 g/mol. The molecule has 150 valence electrons. The van der Waals surface area contributed by atoms with Crippen LogP contribution < -0.4 is 15.0 Å². The molecule has 0 saturated carbocycles. The third kappa shape index (κ3) is 2.93. The van der Waals surface area contributed by atoms with Gasteiger partial charge in [-0.2, -0.15) is 0 Å². The summed E-state index contributed by atoms with van der Waals surface area (Å²) in [7, 11) is 1.65. The van der Waals surface area contributed by atoms with Crippen LogP contribution >= 0.6 is 0 Å². The third-order valence-corrected chi connectivity index (χ3v) is 5.55. The summed E-state index contributed by atoms with van der Waals surface area (Å²) in [4.78, 5) is 35.8. The molecule has 9 heteroatoms. The maximum Gasteiger partial charge on any atom is 0.289 e. The highest BCUT2D eigenvalue weighted by Crippen LogP contribution is 2.41. The van der Waals surface area contributed by atoms with Crippen molar-refractivity contribution in [3.8, 4) is 5.75 Å². The maximum atomic E-state index is 12.8. The minimum Gasteiger partial charge on any atom is -0.489 e. The largest absolute Gasteiger partial charge is 0.489 e. The summed E-state index contributed by atoms with van der Waals surface area (Å²) in [5.41, 5.74) is 1.61. The van der Waals surface area contributed by atoms with Gasteiger partial charge in [0.2, 0.25) is 5.82 Å². The summed E-state index contributed by atoms with van der Waals surface area (Å²) in [6, 6.07) is 6.39. The fraction of sp³-hybridized carbons (Fsp3) is 0.400. The van der Waals surface area contributed by atoms with Gasteiger partial charge in [0, 0.05) is 31.8 Å². The fourth-order valence-electron chi connectivity index (χ4n) is 3.93. The van der Waals surface area contributed by atoms with Crippen molar-refractivity contribution in [1.82, 2.24) is 15.3 Å². The van der Waals surface area contributed by atoms with Crippen molar-refractivity contribution >= 4 is 17.5 Å². The molecule has 9 nitrogen and oxygen atoms in total. The molecule has 1 saturated heterocycles. The van der Waals surface area contributed by atoms with Gasteiger partial charge in [0.05, 0.1) is 24.6 Å². The van der Waals surface area contributed by atoms with E-state index in [0.717, 1.165) is 5.56 Å². The molecule has 0 unspecified atom stereocenters. The van der Waals surface area contributed by atoms with Crippen molar-refractivity contribution in [3.05, 3.63) is 47.5 Å². The molecule has 1 N–H and O–H groups in total. The Morgan fingerprint density at radius 2 is 2.21 bits per heavy atom. The Morgan fingerprint density at radius 3 is 3.03 bits per heavy atom. The molecule has 2 aromatic rings. The molecule has 2 amide bonds. The van der Waals surface area contributed by atoms with E-state index in [1.54, 1.807) is 25.4 Å². The lowest BCUT2D eigenvalue weighted by Gasteiger charge is -2.21. The number of fused-ring (bicyclic) bond motifs is 3. The van der Waals surface area contributed by atoms with Crippen LogP contribution in [-0.4, -0.2) is 54.7 Å². The predicted molar refractivity (Wildman–Crippen MR) is 101 cm³/mol. The number of carbonyl (C=O) groups is 2. The highest BCUT2D eigenvalue weighted by Gasteiger charge is 2.45. The number of para-hydroxylation sites is 2. The smallest absolute Gasteiger partial charge is 0.289 e. The van der Waals surface area contributed by atoms with Crippen molar-refractivity contribution in [1.29, 1.82) is 0 Å². The van der Waals surface area contributed by atoms with Gasteiger partial charge in [0.15, 0.2) is 0 Å². The number of nitrogens with zero attached hydrogens (tertiary/aromatic N) is 3. The first-order valence-corrected chi connectivity index (χ1v) is 9.46. The number of amides is 2. The zero-order chi connectivity index (χ0) is 20.0. The fourth-order valence-corrected chi connectivity index (χ4v) is 3.93. The Bertz CT molecular complexity index is 989. The maximum absolute atomic E-state index is 12.8. The van der Waals surface area contributed by atoms with Crippen LogP contribution in [0.3, 0.4) is 0 Å². The Balaban J connectivity index is 1.37. The van der Waals surface area contributed by atoms with Crippen molar-refractivity contribution < 1.29 is 23.8 Å². The minimum atomic E-state index is -0.850. The Kier molecular flexibility index (Phi) is 4.21. The number of ether oxygens (including phenoxy) is 3. The molecule has 1 fully saturated rings. The van der Waals surface area contributed by atoms with Gasteiger partial charge in [-0.3, -0.25) is 9.59 Å². The number of rotatable bonds is 2. The van der Waals surface area contributed by atoms with E-state index < -0.39 is 17.6 Å². The number of carbonyl (C=O) groups excluding carboxylic acids is 2. The number of anilines is 1. The molecule has 3 aliphatic rings. The quantitative estimate of drug-likeness (QED) is 0.800. The summed E-state index contributed by atoms with van der Waals surface area (Å²) in [5, 5.41) is 2.71. The molecular formula is C20H20N4O5. The standard InChI is InChI=1S/C20H20N4O5/c1-24-14-4-2-3-5-15(14)28-10-13(19(24)26)22-18(25)17-21-8-12-9-29-20(16(12)23-17)6-7-27-11-20/h2-5,8,13H,6-7,9-11H2,1H3,(H,22,25)/t13-,20-/m0/s1. The van der Waals surface area contributed by atoms with Gasteiger partial charge in [-0.25, -0.2) is 9.97 Å². The van der Waals surface area contributed by atoms with E-state index in [1.807, 2.05) is 12.1 Å². The second-order valence-electron chi connectivity index (χ2n) is 7.36. The summed E-state index contributed by atoms with van der Waals surface area (Å²) in [5.74, 6) is -0.213. The summed E-state index contributed by atoms with van der Waals surface area (Å²) in [6.07, 6.45) is 2.30. The Hall–Kier alpha value is -3.04. The van der Waals surface area contributed by atoms with Gasteiger partial charge in [0.25, 0.3) is 11.8 Å². The van der Waals surface area contributed by atoms with Crippen molar-refractivity contribution in [2.24, 2.45) is 0 Å². The molecule has 0 bridgehead atoms. The van der Waals surface area contributed by atoms with Gasteiger partial charge in [-0.05, 0) is 12.1 Å². The van der Waals surface area contributed by atoms with Crippen molar-refractivity contribution in [3.63, 3.8) is 0 Å². The van der Waals surface area contributed by atoms with E-state index in [0.29, 0.717) is 43.4 Å². The first-order chi connectivity index (χ1) is 14.1. The van der Waals surface area contributed by atoms with Crippen LogP contribution in [0.5, 0.6) is 5.75 Å². The SMILES string of the molecule is CN1C(=O)[C@@H](NC(=O)c2ncc3c(n2)[C@@]2(CCOC2)OC3)COc2ccccc21. The molecular weight excluding hydrogens is 376 g/mol. The molecule has 2 atom stereocenters. The number of likely N-dealkylation sites (N-methyl/N-ethyl adjacent to an activating group) is 1. The normalized spacial score (nSPS) is 25.3. The lowest BCUT2D eigenvalue weighted by molar-refractivity contribution is -0.120. The van der Waals surface area contributed by atoms with Crippen LogP contribution in [0.15, 0.2) is 30.5 Å². The molecule has 4 heterocycles. The van der Waals surface area contributed by atoms with Crippen LogP contribution in [0.25, 0.3) is 0 Å². The molecule has 1 aromatic carbocycles. The van der Waals surface area contributed by atoms with Crippen LogP contribution in [0.4, 0.5) is 5.69 Å². The van der Waals surface area contributed by atoms with Crippen LogP contribution in [0.1, 0.15) is 28.3 Å². The average Bonchev–Trinajstić information content (AvgIpc) is 3.35. The van der Waals surface area contributed by atoms with Gasteiger partial charge in [0.1, 0.15) is 24.0 Å². The zero-order valence-corrected chi connectivity index (χ0v) is 15.9. The Morgan fingerprint density at radius 1 is 1.34 bits per heavy atom. The summed E-state index contributed by atoms with van der Waals surface area (Å²) < 4.78 is 17.1. The lowest BCUT2D eigenvalue weighted by atomic mass is 9.98. The number of hydrogen-bond donors (Lipinski definition) is 1. The second kappa shape index (κ2) is 6.78. The van der Waals surface area contributed by atoms with E-state index in [2.05, 4.69) is 15.3 Å². The van der Waals surface area contributed by atoms with Crippen molar-refractivity contribution in [2.45, 2.75) is 24.7 Å². The summed E-state index contributed by atoms with van der Waals surface area (Å²) in [6.45, 7) is 1.43. The molecule has 3 aliphatic heterocycles. The summed E-state index contributed by atoms with van der Waals surface area (Å²) >= 11 is 0. The topological polar surface area (TPSA) is 103 Å². The van der Waals surface area contributed by atoms with Crippen molar-refractivity contribution in [2.75, 3.05) is 31.8 Å². The molecule has 1 spiro atoms. The predicted octanol–water partition coefficient (Wildman–Crippen LogP) is 0.776. The number of aromatic nitrogens is 2. The van der Waals surface area contributed by atoms with E-state index in [4.69, 9.17) is 14.2 Å². The number of nitrogens with one attached hydrogen (secondary N) is 1. The van der Waals surface area contributed by atoms with Gasteiger partial charge >= 0.3 is 0 Å². The lowest BCUT2D eigenvalue weighted by Crippen LogP contribution is -2.49. The van der Waals surface area contributed by atoms with Gasteiger partial charge in [-0.15, -0.1) is 0 Å². The molecule has 0 aliphatic carbocycles. The molecule has 5 rings (SSSR count). The van der Waals surface area contributed by atoms with Crippen LogP contribution in [0.2, 0.25) is 0 Å². The number of hydrogen-bond acceptors (Lipinski definition) is 7. The average molecular weight is 396 g/mol. The third-order valence-electron chi connectivity index (χ3n) is 5.55. The molecule has 29 heavy (non-hydrogen) atoms. The van der Waals surface area contributed by atoms with E-state index >= 15 is 0 Å². The first kappa shape index (κ1) is 18.0. The van der Waals surface area contributed by atoms with Gasteiger partial charge in [-0.1, -0.05) is 12.1 Å². The second-order valence-corrected chi connectivity index (χ2v) is 7.36.